The van der Waals surface area contributed by atoms with E-state index in [0.29, 0.717) is 5.56 Å². The molecule has 2 aromatic carbocycles. The van der Waals surface area contributed by atoms with Crippen LogP contribution < -0.4 is 4.72 Å². The molecule has 0 bridgehead atoms. The molecule has 0 aromatic heterocycles. The van der Waals surface area contributed by atoms with Gasteiger partial charge in [0, 0.05) is 12.1 Å². The molecule has 0 radical (unpaired) electrons. The normalized spacial score (nSPS) is 12.2. The molecule has 0 aliphatic carbocycles. The molecule has 29 heavy (non-hydrogen) atoms. The molecule has 2 rings (SSSR count). The summed E-state index contributed by atoms with van der Waals surface area (Å²) in [6.07, 6.45) is 2.85. The average Bonchev–Trinajstić information content (AvgIpc) is 2.65. The van der Waals surface area contributed by atoms with Gasteiger partial charge in [0.1, 0.15) is 0 Å². The number of benzene rings is 2. The first-order valence-corrected chi connectivity index (χ1v) is 10.6. The Kier molecular flexibility index (Phi) is 7.11. The monoisotopic (exact) mass is 415 g/mol. The molecule has 6 nitrogen and oxygen atoms in total. The van der Waals surface area contributed by atoms with Crippen molar-refractivity contribution in [1.29, 1.82) is 0 Å². The van der Waals surface area contributed by atoms with E-state index in [1.807, 2.05) is 24.3 Å². The van der Waals surface area contributed by atoms with E-state index in [-0.39, 0.29) is 29.1 Å². The van der Waals surface area contributed by atoms with Crippen LogP contribution in [-0.2, 0) is 20.2 Å². The summed E-state index contributed by atoms with van der Waals surface area (Å²) < 4.78 is 26.4. The first-order valence-electron chi connectivity index (χ1n) is 9.13. The van der Waals surface area contributed by atoms with Crippen molar-refractivity contribution in [3.05, 3.63) is 71.3 Å². The number of rotatable bonds is 8. The van der Waals surface area contributed by atoms with Crippen LogP contribution >= 0.6 is 0 Å². The van der Waals surface area contributed by atoms with Gasteiger partial charge in [-0.15, -0.1) is 0 Å². The molecule has 0 unspecified atom stereocenters. The van der Waals surface area contributed by atoms with Gasteiger partial charge in [-0.25, -0.2) is 13.1 Å². The third-order valence-corrected chi connectivity index (χ3v) is 5.76. The first-order chi connectivity index (χ1) is 13.5. The number of aliphatic carboxylic acids is 1. The summed E-state index contributed by atoms with van der Waals surface area (Å²) in [5, 5.41) is 8.58. The van der Waals surface area contributed by atoms with Crippen LogP contribution in [0.5, 0.6) is 0 Å². The lowest BCUT2D eigenvalue weighted by Gasteiger charge is -2.18. The highest BCUT2D eigenvalue weighted by Crippen LogP contribution is 2.22. The van der Waals surface area contributed by atoms with Crippen molar-refractivity contribution >= 4 is 27.9 Å². The summed E-state index contributed by atoms with van der Waals surface area (Å²) in [7, 11) is -3.81. The summed E-state index contributed by atoms with van der Waals surface area (Å²) in [5.41, 5.74) is 2.52. The van der Waals surface area contributed by atoms with Crippen LogP contribution in [0.1, 0.15) is 48.7 Å². The number of carboxylic acid groups (broad SMARTS) is 1. The van der Waals surface area contributed by atoms with Gasteiger partial charge in [-0.05, 0) is 46.9 Å². The molecule has 154 valence electrons. The predicted octanol–water partition coefficient (Wildman–Crippen LogP) is 3.63. The van der Waals surface area contributed by atoms with E-state index in [4.69, 9.17) is 5.11 Å². The van der Waals surface area contributed by atoms with E-state index in [2.05, 4.69) is 25.5 Å². The van der Waals surface area contributed by atoms with Gasteiger partial charge in [-0.1, -0.05) is 51.1 Å². The molecule has 0 heterocycles. The zero-order valence-electron chi connectivity index (χ0n) is 16.7. The zero-order chi connectivity index (χ0) is 21.7. The van der Waals surface area contributed by atoms with E-state index < -0.39 is 16.0 Å². The molecular formula is C22H25NO5S. The number of carboxylic acids is 1. The highest BCUT2D eigenvalue weighted by atomic mass is 32.2. The van der Waals surface area contributed by atoms with Crippen LogP contribution in [0.4, 0.5) is 0 Å². The number of hydrogen-bond acceptors (Lipinski definition) is 4. The molecule has 0 amide bonds. The van der Waals surface area contributed by atoms with Crippen molar-refractivity contribution in [2.45, 2.75) is 37.5 Å². The van der Waals surface area contributed by atoms with Crippen LogP contribution in [0, 0.1) is 0 Å². The molecule has 2 aromatic rings. The van der Waals surface area contributed by atoms with E-state index in [1.165, 1.54) is 35.9 Å². The molecule has 0 saturated carbocycles. The lowest BCUT2D eigenvalue weighted by atomic mass is 9.87. The predicted molar refractivity (Wildman–Crippen MR) is 112 cm³/mol. The molecule has 2 N–H and O–H groups in total. The number of hydrogen-bond donors (Lipinski definition) is 2. The minimum Gasteiger partial charge on any atom is -0.481 e. The molecule has 0 saturated heterocycles. The molecule has 0 fully saturated rings. The van der Waals surface area contributed by atoms with Crippen molar-refractivity contribution in [3.63, 3.8) is 0 Å². The Morgan fingerprint density at radius 2 is 1.59 bits per heavy atom. The Morgan fingerprint density at radius 3 is 2.10 bits per heavy atom. The quantitative estimate of drug-likeness (QED) is 0.506. The molecule has 0 aliphatic heterocycles. The molecule has 0 aliphatic rings. The Morgan fingerprint density at radius 1 is 1.00 bits per heavy atom. The summed E-state index contributed by atoms with van der Waals surface area (Å²) in [4.78, 5) is 22.8. The van der Waals surface area contributed by atoms with E-state index in [0.717, 1.165) is 5.56 Å². The Balaban J connectivity index is 2.05. The fraction of sp³-hybridized carbons (Fsp3) is 0.273. The van der Waals surface area contributed by atoms with Gasteiger partial charge in [0.25, 0.3) is 0 Å². The largest absolute Gasteiger partial charge is 0.481 e. The number of allylic oxidation sites excluding steroid dienone is 1. The van der Waals surface area contributed by atoms with E-state index in [1.54, 1.807) is 6.08 Å². The molecule has 7 heteroatoms. The number of sulfonamides is 1. The Hall–Kier alpha value is -2.77. The second-order valence-electron chi connectivity index (χ2n) is 7.64. The van der Waals surface area contributed by atoms with Gasteiger partial charge in [0.05, 0.1) is 11.3 Å². The van der Waals surface area contributed by atoms with E-state index in [9.17, 15) is 18.0 Å². The molecule has 0 atom stereocenters. The highest BCUT2D eigenvalue weighted by molar-refractivity contribution is 7.89. The molecular weight excluding hydrogens is 390 g/mol. The number of carbonyl (C=O) groups is 2. The van der Waals surface area contributed by atoms with Crippen molar-refractivity contribution in [2.75, 3.05) is 6.54 Å². The van der Waals surface area contributed by atoms with Crippen molar-refractivity contribution < 1.29 is 23.1 Å². The van der Waals surface area contributed by atoms with Crippen molar-refractivity contribution in [2.24, 2.45) is 0 Å². The minimum absolute atomic E-state index is 0.0267. The minimum atomic E-state index is -3.81. The van der Waals surface area contributed by atoms with Gasteiger partial charge in [0.2, 0.25) is 10.0 Å². The summed E-state index contributed by atoms with van der Waals surface area (Å²) in [6.45, 7) is 6.20. The maximum atomic E-state index is 12.3. The van der Waals surface area contributed by atoms with Crippen LogP contribution in [0.3, 0.4) is 0 Å². The third kappa shape index (κ3) is 6.66. The SMILES string of the molecule is CC(C)(C)c1ccc(/C=C/C(=O)c2ccc(S(=O)(=O)NCCC(=O)O)cc2)cc1. The second-order valence-corrected chi connectivity index (χ2v) is 9.40. The van der Waals surface area contributed by atoms with Crippen LogP contribution in [-0.4, -0.2) is 31.8 Å². The Bertz CT molecular complexity index is 999. The Labute approximate surface area is 171 Å². The summed E-state index contributed by atoms with van der Waals surface area (Å²) >= 11 is 0. The van der Waals surface area contributed by atoms with Crippen LogP contribution in [0.15, 0.2) is 59.5 Å². The summed E-state index contributed by atoms with van der Waals surface area (Å²) in [5.74, 6) is -1.33. The number of ketones is 1. The average molecular weight is 416 g/mol. The number of nitrogens with one attached hydrogen (secondary N) is 1. The lowest BCUT2D eigenvalue weighted by Crippen LogP contribution is -2.26. The zero-order valence-corrected chi connectivity index (χ0v) is 17.5. The number of carbonyl (C=O) groups excluding carboxylic acids is 1. The topological polar surface area (TPSA) is 101 Å². The second kappa shape index (κ2) is 9.15. The maximum absolute atomic E-state index is 12.3. The fourth-order valence-electron chi connectivity index (χ4n) is 2.54. The van der Waals surface area contributed by atoms with Crippen molar-refractivity contribution in [3.8, 4) is 0 Å². The maximum Gasteiger partial charge on any atom is 0.304 e. The lowest BCUT2D eigenvalue weighted by molar-refractivity contribution is -0.136. The third-order valence-electron chi connectivity index (χ3n) is 4.28. The van der Waals surface area contributed by atoms with Gasteiger partial charge in [0.15, 0.2) is 5.78 Å². The van der Waals surface area contributed by atoms with Gasteiger partial charge >= 0.3 is 5.97 Å². The fourth-order valence-corrected chi connectivity index (χ4v) is 3.57. The smallest absolute Gasteiger partial charge is 0.304 e. The first kappa shape index (κ1) is 22.5. The standard InChI is InChI=1S/C22H25NO5S/c1-22(2,3)18-9-4-16(5-10-18)6-13-20(24)17-7-11-19(12-8-17)29(27,28)23-15-14-21(25)26/h4-13,23H,14-15H2,1-3H3,(H,25,26)/b13-6+. The van der Waals surface area contributed by atoms with Gasteiger partial charge < -0.3 is 5.11 Å². The van der Waals surface area contributed by atoms with Gasteiger partial charge in [-0.3, -0.25) is 9.59 Å². The van der Waals surface area contributed by atoms with Crippen LogP contribution in [0.25, 0.3) is 6.08 Å². The molecule has 0 spiro atoms. The van der Waals surface area contributed by atoms with Crippen molar-refractivity contribution in [1.82, 2.24) is 4.72 Å². The summed E-state index contributed by atoms with van der Waals surface area (Å²) in [6, 6.07) is 13.5. The van der Waals surface area contributed by atoms with E-state index >= 15 is 0 Å². The van der Waals surface area contributed by atoms with Crippen LogP contribution in [0.2, 0.25) is 0 Å². The highest BCUT2D eigenvalue weighted by Gasteiger charge is 2.15. The van der Waals surface area contributed by atoms with Gasteiger partial charge in [-0.2, -0.15) is 0 Å².